The number of carbonyl (C=O) groups excluding carboxylic acids is 1. The Morgan fingerprint density at radius 2 is 1.55 bits per heavy atom. The lowest BCUT2D eigenvalue weighted by atomic mass is 9.80. The number of hydrogen-bond donors (Lipinski definition) is 0. The summed E-state index contributed by atoms with van der Waals surface area (Å²) < 4.78 is 13.2. The Bertz CT molecular complexity index is 1340. The largest absolute Gasteiger partial charge is 0.483 e. The van der Waals surface area contributed by atoms with Gasteiger partial charge in [-0.25, -0.2) is 0 Å². The van der Waals surface area contributed by atoms with Crippen LogP contribution >= 0.6 is 0 Å². The maximum absolute atomic E-state index is 13.4. The van der Waals surface area contributed by atoms with Crippen molar-refractivity contribution in [1.82, 2.24) is 9.80 Å². The fourth-order valence-electron chi connectivity index (χ4n) is 8.26. The molecule has 1 atom stereocenters. The van der Waals surface area contributed by atoms with E-state index in [0.29, 0.717) is 18.1 Å². The van der Waals surface area contributed by atoms with Crippen molar-refractivity contribution in [1.29, 1.82) is 0 Å². The molecule has 1 fully saturated rings. The van der Waals surface area contributed by atoms with Gasteiger partial charge in [-0.05, 0) is 112 Å². The van der Waals surface area contributed by atoms with Crippen molar-refractivity contribution in [2.45, 2.75) is 148 Å². The van der Waals surface area contributed by atoms with Crippen LogP contribution in [0.3, 0.4) is 0 Å². The van der Waals surface area contributed by atoms with E-state index in [9.17, 15) is 4.79 Å². The number of carbonyl (C=O) groups is 1. The van der Waals surface area contributed by atoms with Gasteiger partial charge in [0.25, 0.3) is 0 Å². The summed E-state index contributed by atoms with van der Waals surface area (Å²) in [4.78, 5) is 18.5. The van der Waals surface area contributed by atoms with E-state index in [1.54, 1.807) is 0 Å². The molecule has 3 aliphatic rings. The number of fused-ring (bicyclic) bond motifs is 2. The number of rotatable bonds is 20. The first-order chi connectivity index (χ1) is 23.8. The van der Waals surface area contributed by atoms with Gasteiger partial charge in [0, 0.05) is 26.1 Å². The normalized spacial score (nSPS) is 18.2. The van der Waals surface area contributed by atoms with Crippen LogP contribution in [0, 0.1) is 0 Å². The van der Waals surface area contributed by atoms with Gasteiger partial charge >= 0.3 is 5.97 Å². The van der Waals surface area contributed by atoms with Crippen LogP contribution in [0.25, 0.3) is 5.57 Å². The van der Waals surface area contributed by atoms with Gasteiger partial charge in [-0.1, -0.05) is 108 Å². The van der Waals surface area contributed by atoms with Crippen molar-refractivity contribution < 1.29 is 14.3 Å². The van der Waals surface area contributed by atoms with Crippen LogP contribution in [-0.2, 0) is 11.2 Å². The Morgan fingerprint density at radius 1 is 0.857 bits per heavy atom. The summed E-state index contributed by atoms with van der Waals surface area (Å²) in [5.74, 6) is 1.86. The molecule has 0 radical (unpaired) electrons. The van der Waals surface area contributed by atoms with E-state index in [1.807, 2.05) is 0 Å². The highest BCUT2D eigenvalue weighted by Crippen LogP contribution is 2.49. The SMILES string of the molecule is CCCCCCCCCCCCC(C)c1cc(OC(=O)CCCN2CCCC2)c2c(c1)OC(C)(C)C1=C2CN(CCc2ccccc2)CC1. The van der Waals surface area contributed by atoms with Crippen molar-refractivity contribution in [3.8, 4) is 11.5 Å². The van der Waals surface area contributed by atoms with Gasteiger partial charge in [-0.2, -0.15) is 0 Å². The molecule has 5 rings (SSSR count). The Balaban J connectivity index is 1.28. The molecular weight excluding hydrogens is 604 g/mol. The molecule has 0 bridgehead atoms. The first kappa shape index (κ1) is 37.6. The minimum absolute atomic E-state index is 0.121. The fourth-order valence-corrected chi connectivity index (χ4v) is 8.26. The molecular formula is C44H66N2O3. The Kier molecular flexibility index (Phi) is 14.7. The summed E-state index contributed by atoms with van der Waals surface area (Å²) in [6, 6.07) is 15.3. The van der Waals surface area contributed by atoms with Gasteiger partial charge in [0.05, 0.1) is 5.56 Å². The third-order valence-corrected chi connectivity index (χ3v) is 11.3. The van der Waals surface area contributed by atoms with Crippen LogP contribution in [0.15, 0.2) is 48.0 Å². The molecule has 270 valence electrons. The number of ether oxygens (including phenoxy) is 2. The first-order valence-electron chi connectivity index (χ1n) is 20.1. The van der Waals surface area contributed by atoms with Crippen molar-refractivity contribution in [2.24, 2.45) is 0 Å². The summed E-state index contributed by atoms with van der Waals surface area (Å²) in [6.45, 7) is 15.2. The molecule has 2 aromatic carbocycles. The van der Waals surface area contributed by atoms with Crippen LogP contribution in [-0.4, -0.2) is 60.6 Å². The number of likely N-dealkylation sites (tertiary alicyclic amines) is 1. The van der Waals surface area contributed by atoms with Crippen LogP contribution in [0.2, 0.25) is 0 Å². The van der Waals surface area contributed by atoms with Gasteiger partial charge < -0.3 is 14.4 Å². The van der Waals surface area contributed by atoms with Gasteiger partial charge in [-0.3, -0.25) is 9.69 Å². The molecule has 3 aliphatic heterocycles. The number of unbranched alkanes of at least 4 members (excludes halogenated alkanes) is 9. The van der Waals surface area contributed by atoms with Gasteiger partial charge in [0.1, 0.15) is 17.1 Å². The third kappa shape index (κ3) is 11.2. The van der Waals surface area contributed by atoms with Gasteiger partial charge in [0.15, 0.2) is 0 Å². The van der Waals surface area contributed by atoms with E-state index in [-0.39, 0.29) is 11.6 Å². The molecule has 5 nitrogen and oxygen atoms in total. The zero-order valence-electron chi connectivity index (χ0n) is 31.5. The maximum atomic E-state index is 13.4. The maximum Gasteiger partial charge on any atom is 0.311 e. The molecule has 49 heavy (non-hydrogen) atoms. The molecule has 0 aromatic heterocycles. The van der Waals surface area contributed by atoms with Crippen LogP contribution in [0.4, 0.5) is 0 Å². The second-order valence-electron chi connectivity index (χ2n) is 15.7. The quantitative estimate of drug-likeness (QED) is 0.0797. The molecule has 5 heteroatoms. The highest BCUT2D eigenvalue weighted by molar-refractivity contribution is 5.85. The lowest BCUT2D eigenvalue weighted by molar-refractivity contribution is -0.134. The molecule has 0 N–H and O–H groups in total. The highest BCUT2D eigenvalue weighted by Gasteiger charge is 2.39. The number of benzene rings is 2. The predicted molar refractivity (Wildman–Crippen MR) is 205 cm³/mol. The van der Waals surface area contributed by atoms with E-state index < -0.39 is 0 Å². The second kappa shape index (κ2) is 19.1. The van der Waals surface area contributed by atoms with Crippen molar-refractivity contribution in [2.75, 3.05) is 39.3 Å². The summed E-state index contributed by atoms with van der Waals surface area (Å²) in [7, 11) is 0. The molecule has 3 heterocycles. The zero-order chi connectivity index (χ0) is 34.5. The zero-order valence-corrected chi connectivity index (χ0v) is 31.5. The molecule has 0 spiro atoms. The highest BCUT2D eigenvalue weighted by atomic mass is 16.5. The molecule has 1 saturated heterocycles. The topological polar surface area (TPSA) is 42.0 Å². The standard InChI is InChI=1S/C44H66N2O3/c1-5-6-7-8-9-10-11-12-13-15-21-35(2)37-32-40(48-42(47)24-20-29-45-27-18-19-28-45)43-38-34-46(30-25-36-22-16-14-17-23-36)31-26-39(38)44(3,4)49-41(43)33-37/h14,16-17,22-23,32-33,35H,5-13,15,18-21,24-31,34H2,1-4H3. The van der Waals surface area contributed by atoms with Gasteiger partial charge in [0.2, 0.25) is 0 Å². The Morgan fingerprint density at radius 3 is 2.27 bits per heavy atom. The summed E-state index contributed by atoms with van der Waals surface area (Å²) in [5, 5.41) is 0. The van der Waals surface area contributed by atoms with E-state index in [1.165, 1.54) is 99.3 Å². The smallest absolute Gasteiger partial charge is 0.311 e. The lowest BCUT2D eigenvalue weighted by Gasteiger charge is -2.43. The Hall–Kier alpha value is -2.63. The van der Waals surface area contributed by atoms with E-state index in [2.05, 4.69) is 80.0 Å². The van der Waals surface area contributed by atoms with Gasteiger partial charge in [-0.15, -0.1) is 0 Å². The number of hydrogen-bond acceptors (Lipinski definition) is 5. The van der Waals surface area contributed by atoms with E-state index >= 15 is 0 Å². The van der Waals surface area contributed by atoms with Crippen LogP contribution in [0.5, 0.6) is 11.5 Å². The third-order valence-electron chi connectivity index (χ3n) is 11.3. The minimum atomic E-state index is -0.386. The molecule has 0 aliphatic carbocycles. The Labute approximate surface area is 298 Å². The minimum Gasteiger partial charge on any atom is -0.483 e. The molecule has 0 amide bonds. The van der Waals surface area contributed by atoms with E-state index in [0.717, 1.165) is 76.3 Å². The van der Waals surface area contributed by atoms with Crippen molar-refractivity contribution in [3.05, 3.63) is 64.7 Å². The van der Waals surface area contributed by atoms with Crippen molar-refractivity contribution in [3.63, 3.8) is 0 Å². The average molecular weight is 671 g/mol. The second-order valence-corrected chi connectivity index (χ2v) is 15.7. The number of nitrogens with zero attached hydrogens (tertiary/aromatic N) is 2. The first-order valence-corrected chi connectivity index (χ1v) is 20.1. The summed E-state index contributed by atoms with van der Waals surface area (Å²) in [6.07, 6.45) is 20.5. The van der Waals surface area contributed by atoms with Crippen LogP contribution in [0.1, 0.15) is 153 Å². The van der Waals surface area contributed by atoms with Crippen LogP contribution < -0.4 is 9.47 Å². The summed E-state index contributed by atoms with van der Waals surface area (Å²) >= 11 is 0. The predicted octanol–water partition coefficient (Wildman–Crippen LogP) is 10.8. The number of esters is 1. The molecule has 1 unspecified atom stereocenters. The molecule has 0 saturated carbocycles. The lowest BCUT2D eigenvalue weighted by Crippen LogP contribution is -2.42. The molecule has 2 aromatic rings. The van der Waals surface area contributed by atoms with E-state index in [4.69, 9.17) is 9.47 Å². The summed E-state index contributed by atoms with van der Waals surface area (Å²) in [5.41, 5.74) is 5.89. The monoisotopic (exact) mass is 671 g/mol. The van der Waals surface area contributed by atoms with Crippen molar-refractivity contribution >= 4 is 11.5 Å². The average Bonchev–Trinajstić information content (AvgIpc) is 3.61. The fraction of sp³-hybridized carbons (Fsp3) is 0.659.